The Bertz CT molecular complexity index is 498. The van der Waals surface area contributed by atoms with Gasteiger partial charge in [0.1, 0.15) is 0 Å². The molecule has 1 aromatic carbocycles. The van der Waals surface area contributed by atoms with Crippen molar-refractivity contribution in [2.24, 2.45) is 0 Å². The van der Waals surface area contributed by atoms with Crippen LogP contribution in [0.15, 0.2) is 40.2 Å². The van der Waals surface area contributed by atoms with E-state index < -0.39 is 0 Å². The van der Waals surface area contributed by atoms with Gasteiger partial charge in [0.05, 0.1) is 12.6 Å². The minimum Gasteiger partial charge on any atom is -0.392 e. The van der Waals surface area contributed by atoms with Gasteiger partial charge in [-0.3, -0.25) is 0 Å². The summed E-state index contributed by atoms with van der Waals surface area (Å²) in [6.45, 7) is 2.21. The second-order valence-corrected chi connectivity index (χ2v) is 5.75. The van der Waals surface area contributed by atoms with Crippen LogP contribution in [0.25, 0.3) is 0 Å². The van der Waals surface area contributed by atoms with Gasteiger partial charge in [-0.15, -0.1) is 11.3 Å². The quantitative estimate of drug-likeness (QED) is 0.888. The third-order valence-corrected chi connectivity index (χ3v) is 4.38. The second-order valence-electron chi connectivity index (χ2n) is 3.89. The van der Waals surface area contributed by atoms with E-state index in [1.807, 2.05) is 24.3 Å². The molecule has 0 saturated carbocycles. The highest BCUT2D eigenvalue weighted by Gasteiger charge is 2.07. The van der Waals surface area contributed by atoms with E-state index >= 15 is 0 Å². The summed E-state index contributed by atoms with van der Waals surface area (Å²) in [6.07, 6.45) is 0. The minimum absolute atomic E-state index is 0.0778. The zero-order chi connectivity index (χ0) is 12.3. The van der Waals surface area contributed by atoms with Gasteiger partial charge in [-0.2, -0.15) is 0 Å². The Kier molecular flexibility index (Phi) is 4.20. The van der Waals surface area contributed by atoms with Gasteiger partial charge in [-0.05, 0) is 46.6 Å². The van der Waals surface area contributed by atoms with Crippen molar-refractivity contribution in [3.63, 3.8) is 0 Å². The van der Waals surface area contributed by atoms with E-state index in [0.717, 1.165) is 15.7 Å². The maximum atomic E-state index is 9.08. The molecule has 2 aromatic rings. The van der Waals surface area contributed by atoms with Crippen molar-refractivity contribution in [1.29, 1.82) is 0 Å². The third-order valence-electron chi connectivity index (χ3n) is 2.51. The Morgan fingerprint density at radius 2 is 2.24 bits per heavy atom. The minimum atomic E-state index is 0.0778. The topological polar surface area (TPSA) is 32.3 Å². The highest BCUT2D eigenvalue weighted by Crippen LogP contribution is 2.28. The molecule has 1 unspecified atom stereocenters. The molecular weight excluding hydrogens is 298 g/mol. The molecule has 1 aromatic heterocycles. The van der Waals surface area contributed by atoms with E-state index in [4.69, 9.17) is 5.11 Å². The van der Waals surface area contributed by atoms with Crippen LogP contribution in [0.1, 0.15) is 23.4 Å². The number of hydrogen-bond acceptors (Lipinski definition) is 3. The van der Waals surface area contributed by atoms with Gasteiger partial charge in [0, 0.05) is 20.4 Å². The predicted octanol–water partition coefficient (Wildman–Crippen LogP) is 4.18. The fourth-order valence-electron chi connectivity index (χ4n) is 1.64. The summed E-state index contributed by atoms with van der Waals surface area (Å²) in [5.41, 5.74) is 1.96. The van der Waals surface area contributed by atoms with Crippen molar-refractivity contribution >= 4 is 33.0 Å². The Morgan fingerprint density at radius 3 is 2.88 bits per heavy atom. The lowest BCUT2D eigenvalue weighted by Gasteiger charge is -2.14. The van der Waals surface area contributed by atoms with Gasteiger partial charge in [0.2, 0.25) is 0 Å². The largest absolute Gasteiger partial charge is 0.392 e. The van der Waals surface area contributed by atoms with Crippen LogP contribution in [-0.4, -0.2) is 5.11 Å². The first-order valence-corrected chi connectivity index (χ1v) is 7.06. The third kappa shape index (κ3) is 3.31. The Labute approximate surface area is 113 Å². The van der Waals surface area contributed by atoms with Gasteiger partial charge < -0.3 is 10.4 Å². The van der Waals surface area contributed by atoms with Crippen molar-refractivity contribution in [2.75, 3.05) is 5.32 Å². The van der Waals surface area contributed by atoms with Crippen molar-refractivity contribution < 1.29 is 5.11 Å². The van der Waals surface area contributed by atoms with Crippen molar-refractivity contribution in [3.05, 3.63) is 50.6 Å². The van der Waals surface area contributed by atoms with E-state index in [0.29, 0.717) is 0 Å². The van der Waals surface area contributed by atoms with E-state index in [9.17, 15) is 0 Å². The molecule has 0 bridgehead atoms. The lowest BCUT2D eigenvalue weighted by atomic mass is 10.2. The standard InChI is InChI=1S/C13H14BrNOS/c1-9(13-6-11(14)8-17-13)15-12-4-2-3-10(5-12)7-16/h2-6,8-9,15-16H,7H2,1H3. The van der Waals surface area contributed by atoms with Gasteiger partial charge in [-0.1, -0.05) is 12.1 Å². The lowest BCUT2D eigenvalue weighted by Crippen LogP contribution is -2.04. The van der Waals surface area contributed by atoms with Crippen LogP contribution in [0.5, 0.6) is 0 Å². The lowest BCUT2D eigenvalue weighted by molar-refractivity contribution is 0.282. The molecular formula is C13H14BrNOS. The van der Waals surface area contributed by atoms with Crippen LogP contribution in [0, 0.1) is 0 Å². The molecule has 90 valence electrons. The smallest absolute Gasteiger partial charge is 0.0682 e. The molecule has 0 fully saturated rings. The van der Waals surface area contributed by atoms with Gasteiger partial charge in [-0.25, -0.2) is 0 Å². The summed E-state index contributed by atoms with van der Waals surface area (Å²) in [5.74, 6) is 0. The SMILES string of the molecule is CC(Nc1cccc(CO)c1)c1cc(Br)cs1. The first kappa shape index (κ1) is 12.6. The number of nitrogens with one attached hydrogen (secondary N) is 1. The molecule has 0 aliphatic rings. The molecule has 2 nitrogen and oxygen atoms in total. The van der Waals surface area contributed by atoms with Crippen molar-refractivity contribution in [1.82, 2.24) is 0 Å². The normalized spacial score (nSPS) is 12.4. The maximum absolute atomic E-state index is 9.08. The molecule has 0 saturated heterocycles. The number of aliphatic hydroxyl groups excluding tert-OH is 1. The Hall–Kier alpha value is -0.840. The molecule has 0 spiro atoms. The average Bonchev–Trinajstić information content (AvgIpc) is 2.76. The fraction of sp³-hybridized carbons (Fsp3) is 0.231. The molecule has 0 aliphatic heterocycles. The predicted molar refractivity (Wildman–Crippen MR) is 76.4 cm³/mol. The summed E-state index contributed by atoms with van der Waals surface area (Å²) in [4.78, 5) is 1.28. The van der Waals surface area contributed by atoms with Crippen LogP contribution in [0.2, 0.25) is 0 Å². The molecule has 1 atom stereocenters. The highest BCUT2D eigenvalue weighted by molar-refractivity contribution is 9.10. The number of halogens is 1. The van der Waals surface area contributed by atoms with Gasteiger partial charge in [0.25, 0.3) is 0 Å². The van der Waals surface area contributed by atoms with Gasteiger partial charge >= 0.3 is 0 Å². The Balaban J connectivity index is 2.09. The van der Waals surface area contributed by atoms with Crippen molar-refractivity contribution in [3.8, 4) is 0 Å². The maximum Gasteiger partial charge on any atom is 0.0682 e. The number of anilines is 1. The van der Waals surface area contributed by atoms with E-state index in [1.54, 1.807) is 11.3 Å². The summed E-state index contributed by atoms with van der Waals surface area (Å²) in [7, 11) is 0. The number of benzene rings is 1. The van der Waals surface area contributed by atoms with Crippen LogP contribution in [0.3, 0.4) is 0 Å². The number of hydrogen-bond donors (Lipinski definition) is 2. The van der Waals surface area contributed by atoms with E-state index in [1.165, 1.54) is 4.88 Å². The first-order chi connectivity index (χ1) is 8.19. The molecule has 0 radical (unpaired) electrons. The molecule has 17 heavy (non-hydrogen) atoms. The second kappa shape index (κ2) is 5.67. The summed E-state index contributed by atoms with van der Waals surface area (Å²) in [5, 5.41) is 14.6. The van der Waals surface area contributed by atoms with Crippen molar-refractivity contribution in [2.45, 2.75) is 19.6 Å². The first-order valence-electron chi connectivity index (χ1n) is 5.39. The van der Waals surface area contributed by atoms with Crippen LogP contribution in [0.4, 0.5) is 5.69 Å². The summed E-state index contributed by atoms with van der Waals surface area (Å²) in [6, 6.07) is 10.2. The number of rotatable bonds is 4. The number of aliphatic hydroxyl groups is 1. The summed E-state index contributed by atoms with van der Waals surface area (Å²) < 4.78 is 1.12. The zero-order valence-electron chi connectivity index (χ0n) is 9.48. The van der Waals surface area contributed by atoms with E-state index in [-0.39, 0.29) is 12.6 Å². The zero-order valence-corrected chi connectivity index (χ0v) is 11.9. The highest BCUT2D eigenvalue weighted by atomic mass is 79.9. The summed E-state index contributed by atoms with van der Waals surface area (Å²) >= 11 is 5.19. The fourth-order valence-corrected chi connectivity index (χ4v) is 3.09. The monoisotopic (exact) mass is 311 g/mol. The molecule has 1 heterocycles. The molecule has 4 heteroatoms. The van der Waals surface area contributed by atoms with Crippen LogP contribution < -0.4 is 5.32 Å². The molecule has 0 amide bonds. The van der Waals surface area contributed by atoms with E-state index in [2.05, 4.69) is 39.6 Å². The molecule has 2 N–H and O–H groups in total. The molecule has 2 rings (SSSR count). The van der Waals surface area contributed by atoms with Crippen LogP contribution in [-0.2, 0) is 6.61 Å². The van der Waals surface area contributed by atoms with Gasteiger partial charge in [0.15, 0.2) is 0 Å². The molecule has 0 aliphatic carbocycles. The number of thiophene rings is 1. The Morgan fingerprint density at radius 1 is 1.41 bits per heavy atom. The average molecular weight is 312 g/mol. The van der Waals surface area contributed by atoms with Crippen LogP contribution >= 0.6 is 27.3 Å².